The Balaban J connectivity index is 1.75. The van der Waals surface area contributed by atoms with Gasteiger partial charge in [-0.15, -0.1) is 0 Å². The number of sulfone groups is 1. The molecule has 2 amide bonds. The summed E-state index contributed by atoms with van der Waals surface area (Å²) in [5.41, 5.74) is 1.86. The molecule has 2 rings (SSSR count). The molecule has 0 saturated carbocycles. The highest BCUT2D eigenvalue weighted by Gasteiger charge is 2.13. The van der Waals surface area contributed by atoms with Gasteiger partial charge in [0.25, 0.3) is 0 Å². The van der Waals surface area contributed by atoms with E-state index < -0.39 is 16.4 Å². The number of nitrogens with one attached hydrogen (secondary N) is 2. The van der Waals surface area contributed by atoms with Gasteiger partial charge >= 0.3 is 6.03 Å². The van der Waals surface area contributed by atoms with Crippen molar-refractivity contribution < 1.29 is 18.3 Å². The highest BCUT2D eigenvalue weighted by Crippen LogP contribution is 2.12. The maximum atomic E-state index is 11.8. The average molecular weight is 397 g/mol. The molecular formula is C18H21ClN2O4S. The molecule has 0 unspecified atom stereocenters. The van der Waals surface area contributed by atoms with Crippen LogP contribution in [0.2, 0.25) is 5.02 Å². The van der Waals surface area contributed by atoms with Gasteiger partial charge in [0.1, 0.15) is 0 Å². The molecule has 0 aliphatic rings. The molecule has 2 aromatic carbocycles. The van der Waals surface area contributed by atoms with Crippen molar-refractivity contribution in [1.82, 2.24) is 10.6 Å². The number of halogens is 1. The number of aliphatic hydroxyl groups is 1. The normalized spacial score (nSPS) is 11.2. The smallest absolute Gasteiger partial charge is 0.315 e. The summed E-state index contributed by atoms with van der Waals surface area (Å²) in [4.78, 5) is 12.0. The Morgan fingerprint density at radius 3 is 2.19 bits per heavy atom. The average Bonchev–Trinajstić information content (AvgIpc) is 2.62. The molecule has 0 aromatic heterocycles. The largest absolute Gasteiger partial charge is 0.395 e. The van der Waals surface area contributed by atoms with Crippen molar-refractivity contribution in [3.05, 3.63) is 64.7 Å². The highest BCUT2D eigenvalue weighted by molar-refractivity contribution is 7.91. The Bertz CT molecular complexity index is 821. The molecular weight excluding hydrogens is 376 g/mol. The lowest BCUT2D eigenvalue weighted by atomic mass is 10.1. The van der Waals surface area contributed by atoms with Crippen LogP contribution in [0.4, 0.5) is 4.79 Å². The van der Waals surface area contributed by atoms with Gasteiger partial charge in [-0.3, -0.25) is 0 Å². The highest BCUT2D eigenvalue weighted by atomic mass is 35.5. The zero-order valence-electron chi connectivity index (χ0n) is 14.1. The third-order valence-electron chi connectivity index (χ3n) is 3.71. The lowest BCUT2D eigenvalue weighted by Crippen LogP contribution is -2.36. The fourth-order valence-electron chi connectivity index (χ4n) is 2.27. The van der Waals surface area contributed by atoms with Crippen molar-refractivity contribution in [3.63, 3.8) is 0 Å². The van der Waals surface area contributed by atoms with E-state index in [1.54, 1.807) is 24.3 Å². The Hall–Kier alpha value is -2.09. The molecule has 26 heavy (non-hydrogen) atoms. The van der Waals surface area contributed by atoms with Gasteiger partial charge in [-0.1, -0.05) is 35.9 Å². The SMILES string of the molecule is O=C(NCCc1ccc(Cl)cc1)NCc1ccc(S(=O)(=O)CCO)cc1. The Morgan fingerprint density at radius 2 is 1.58 bits per heavy atom. The number of aliphatic hydroxyl groups excluding tert-OH is 1. The number of hydrogen-bond donors (Lipinski definition) is 3. The van der Waals surface area contributed by atoms with E-state index in [2.05, 4.69) is 10.6 Å². The fraction of sp³-hybridized carbons (Fsp3) is 0.278. The van der Waals surface area contributed by atoms with Gasteiger partial charge in [0.05, 0.1) is 17.3 Å². The minimum atomic E-state index is -3.46. The van der Waals surface area contributed by atoms with Gasteiger partial charge in [0, 0.05) is 18.1 Å². The molecule has 0 aliphatic heterocycles. The summed E-state index contributed by atoms with van der Waals surface area (Å²) < 4.78 is 23.6. The quantitative estimate of drug-likeness (QED) is 0.637. The molecule has 3 N–H and O–H groups in total. The molecule has 0 spiro atoms. The first-order valence-corrected chi connectivity index (χ1v) is 10.1. The van der Waals surface area contributed by atoms with Crippen molar-refractivity contribution in [1.29, 1.82) is 0 Å². The molecule has 0 aliphatic carbocycles. The van der Waals surface area contributed by atoms with Gasteiger partial charge < -0.3 is 15.7 Å². The second-order valence-electron chi connectivity index (χ2n) is 5.67. The van der Waals surface area contributed by atoms with Crippen molar-refractivity contribution in [2.75, 3.05) is 18.9 Å². The first-order valence-electron chi connectivity index (χ1n) is 8.09. The first kappa shape index (κ1) is 20.2. The number of carbonyl (C=O) groups is 1. The minimum Gasteiger partial charge on any atom is -0.395 e. The van der Waals surface area contributed by atoms with E-state index in [4.69, 9.17) is 16.7 Å². The third kappa shape index (κ3) is 6.33. The number of urea groups is 1. The van der Waals surface area contributed by atoms with E-state index in [9.17, 15) is 13.2 Å². The lowest BCUT2D eigenvalue weighted by Gasteiger charge is -2.09. The lowest BCUT2D eigenvalue weighted by molar-refractivity contribution is 0.240. The summed E-state index contributed by atoms with van der Waals surface area (Å²) >= 11 is 5.82. The van der Waals surface area contributed by atoms with Crippen LogP contribution in [0.25, 0.3) is 0 Å². The third-order valence-corrected chi connectivity index (χ3v) is 5.67. The minimum absolute atomic E-state index is 0.155. The summed E-state index contributed by atoms with van der Waals surface area (Å²) in [6.45, 7) is 0.362. The van der Waals surface area contributed by atoms with E-state index >= 15 is 0 Å². The van der Waals surface area contributed by atoms with Crippen LogP contribution in [0.1, 0.15) is 11.1 Å². The summed E-state index contributed by atoms with van der Waals surface area (Å²) in [6, 6.07) is 13.4. The van der Waals surface area contributed by atoms with Crippen LogP contribution >= 0.6 is 11.6 Å². The van der Waals surface area contributed by atoms with Gasteiger partial charge in [-0.2, -0.15) is 0 Å². The standard InChI is InChI=1S/C18H21ClN2O4S/c19-16-5-1-14(2-6-16)9-10-20-18(23)21-13-15-3-7-17(8-4-15)26(24,25)12-11-22/h1-8,22H,9-13H2,(H2,20,21,23). The van der Waals surface area contributed by atoms with Crippen LogP contribution in [0.5, 0.6) is 0 Å². The first-order chi connectivity index (χ1) is 12.4. The number of amides is 2. The topological polar surface area (TPSA) is 95.5 Å². The number of hydrogen-bond acceptors (Lipinski definition) is 4. The molecule has 0 radical (unpaired) electrons. The molecule has 0 atom stereocenters. The van der Waals surface area contributed by atoms with Crippen molar-refractivity contribution in [2.24, 2.45) is 0 Å². The monoisotopic (exact) mass is 396 g/mol. The van der Waals surface area contributed by atoms with Gasteiger partial charge in [0.2, 0.25) is 0 Å². The van der Waals surface area contributed by atoms with Crippen LogP contribution in [0, 0.1) is 0 Å². The van der Waals surface area contributed by atoms with Gasteiger partial charge in [-0.05, 0) is 41.8 Å². The van der Waals surface area contributed by atoms with Gasteiger partial charge in [-0.25, -0.2) is 13.2 Å². The molecule has 0 fully saturated rings. The van der Waals surface area contributed by atoms with Crippen molar-refractivity contribution in [2.45, 2.75) is 17.9 Å². The Morgan fingerprint density at radius 1 is 0.962 bits per heavy atom. The van der Waals surface area contributed by atoms with Crippen LogP contribution in [-0.4, -0.2) is 38.5 Å². The van der Waals surface area contributed by atoms with Crippen LogP contribution in [0.3, 0.4) is 0 Å². The summed E-state index contributed by atoms with van der Waals surface area (Å²) in [6.07, 6.45) is 0.696. The molecule has 6 nitrogen and oxygen atoms in total. The Labute approximate surface area is 158 Å². The molecule has 8 heteroatoms. The number of carbonyl (C=O) groups excluding carboxylic acids is 1. The predicted octanol–water partition coefficient (Wildman–Crippen LogP) is 2.15. The number of benzene rings is 2. The van der Waals surface area contributed by atoms with Crippen LogP contribution in [0.15, 0.2) is 53.4 Å². The zero-order valence-corrected chi connectivity index (χ0v) is 15.7. The molecule has 0 saturated heterocycles. The van der Waals surface area contributed by atoms with Crippen LogP contribution in [-0.2, 0) is 22.8 Å². The summed E-state index contributed by atoms with van der Waals surface area (Å²) in [7, 11) is -3.46. The van der Waals surface area contributed by atoms with E-state index in [1.165, 1.54) is 12.1 Å². The predicted molar refractivity (Wildman–Crippen MR) is 101 cm³/mol. The second kappa shape index (κ2) is 9.56. The van der Waals surface area contributed by atoms with Gasteiger partial charge in [0.15, 0.2) is 9.84 Å². The summed E-state index contributed by atoms with van der Waals surface area (Å²) in [5.74, 6) is -0.305. The molecule has 2 aromatic rings. The maximum absolute atomic E-state index is 11.8. The zero-order chi connectivity index (χ0) is 19.0. The summed E-state index contributed by atoms with van der Waals surface area (Å²) in [5, 5.41) is 14.9. The molecule has 140 valence electrons. The molecule has 0 heterocycles. The van der Waals surface area contributed by atoms with E-state index in [0.29, 0.717) is 18.0 Å². The van der Waals surface area contributed by atoms with Crippen molar-refractivity contribution >= 4 is 27.5 Å². The Kier molecular flexibility index (Phi) is 7.44. The second-order valence-corrected chi connectivity index (χ2v) is 8.22. The van der Waals surface area contributed by atoms with Crippen LogP contribution < -0.4 is 10.6 Å². The van der Waals surface area contributed by atoms with E-state index in [1.807, 2.05) is 12.1 Å². The number of rotatable bonds is 8. The maximum Gasteiger partial charge on any atom is 0.315 e. The van der Waals surface area contributed by atoms with E-state index in [-0.39, 0.29) is 23.2 Å². The van der Waals surface area contributed by atoms with Crippen molar-refractivity contribution in [3.8, 4) is 0 Å². The fourth-order valence-corrected chi connectivity index (χ4v) is 3.42. The van der Waals surface area contributed by atoms with E-state index in [0.717, 1.165) is 11.1 Å². The molecule has 0 bridgehead atoms.